The Morgan fingerprint density at radius 2 is 1.61 bits per heavy atom. The van der Waals surface area contributed by atoms with Crippen LogP contribution in [0.2, 0.25) is 0 Å². The molecule has 0 spiro atoms. The Balaban J connectivity index is 1.93. The SMILES string of the molecule is COc1cc(OC)c(OC)cc1CNC(=O)COC(=O)c1cc(C(C)=O)c[nH]1. The van der Waals surface area contributed by atoms with Crippen LogP contribution in [0, 0.1) is 0 Å². The Morgan fingerprint density at radius 1 is 0.964 bits per heavy atom. The number of hydrogen-bond acceptors (Lipinski definition) is 7. The molecule has 2 aromatic rings. The number of amides is 1. The fourth-order valence-corrected chi connectivity index (χ4v) is 2.40. The van der Waals surface area contributed by atoms with Gasteiger partial charge in [-0.3, -0.25) is 9.59 Å². The van der Waals surface area contributed by atoms with E-state index in [1.54, 1.807) is 12.1 Å². The molecule has 28 heavy (non-hydrogen) atoms. The molecule has 0 aliphatic heterocycles. The number of benzene rings is 1. The monoisotopic (exact) mass is 390 g/mol. The average molecular weight is 390 g/mol. The molecule has 0 aliphatic rings. The summed E-state index contributed by atoms with van der Waals surface area (Å²) in [5.41, 5.74) is 1.12. The van der Waals surface area contributed by atoms with E-state index in [0.717, 1.165) is 0 Å². The van der Waals surface area contributed by atoms with Gasteiger partial charge in [0.05, 0.1) is 21.3 Å². The fraction of sp³-hybridized carbons (Fsp3) is 0.316. The van der Waals surface area contributed by atoms with Crippen molar-refractivity contribution in [2.45, 2.75) is 13.5 Å². The number of methoxy groups -OCH3 is 3. The number of carbonyl (C=O) groups excluding carboxylic acids is 3. The van der Waals surface area contributed by atoms with E-state index in [1.807, 2.05) is 0 Å². The first kappa shape index (κ1) is 20.8. The van der Waals surface area contributed by atoms with Crippen molar-refractivity contribution in [1.29, 1.82) is 0 Å². The van der Waals surface area contributed by atoms with E-state index >= 15 is 0 Å². The molecule has 2 N–H and O–H groups in total. The third-order valence-electron chi connectivity index (χ3n) is 3.91. The molecule has 1 aromatic heterocycles. The second-order valence-electron chi connectivity index (χ2n) is 5.73. The van der Waals surface area contributed by atoms with Gasteiger partial charge in [-0.25, -0.2) is 4.79 Å². The first-order valence-electron chi connectivity index (χ1n) is 8.31. The number of hydrogen-bond donors (Lipinski definition) is 2. The zero-order valence-corrected chi connectivity index (χ0v) is 16.1. The summed E-state index contributed by atoms with van der Waals surface area (Å²) in [6.45, 7) is 1.05. The van der Waals surface area contributed by atoms with Crippen LogP contribution in [-0.2, 0) is 16.1 Å². The van der Waals surface area contributed by atoms with Crippen molar-refractivity contribution in [3.8, 4) is 17.2 Å². The lowest BCUT2D eigenvalue weighted by Gasteiger charge is -2.14. The van der Waals surface area contributed by atoms with Gasteiger partial charge < -0.3 is 29.2 Å². The van der Waals surface area contributed by atoms with Crippen LogP contribution in [0.3, 0.4) is 0 Å². The quantitative estimate of drug-likeness (QED) is 0.495. The van der Waals surface area contributed by atoms with Gasteiger partial charge in [-0.15, -0.1) is 0 Å². The molecule has 2 rings (SSSR count). The molecular weight excluding hydrogens is 368 g/mol. The predicted octanol–water partition coefficient (Wildman–Crippen LogP) is 1.72. The van der Waals surface area contributed by atoms with Gasteiger partial charge in [0.15, 0.2) is 23.9 Å². The van der Waals surface area contributed by atoms with Crippen LogP contribution < -0.4 is 19.5 Å². The molecule has 0 aliphatic carbocycles. The summed E-state index contributed by atoms with van der Waals surface area (Å²) in [6.07, 6.45) is 1.41. The number of aromatic amines is 1. The molecular formula is C19H22N2O7. The number of nitrogens with one attached hydrogen (secondary N) is 2. The van der Waals surface area contributed by atoms with Crippen LogP contribution in [0.5, 0.6) is 17.2 Å². The largest absolute Gasteiger partial charge is 0.496 e. The fourth-order valence-electron chi connectivity index (χ4n) is 2.40. The van der Waals surface area contributed by atoms with Gasteiger partial charge in [0.25, 0.3) is 5.91 Å². The molecule has 1 aromatic carbocycles. The molecule has 9 heteroatoms. The van der Waals surface area contributed by atoms with Gasteiger partial charge in [-0.05, 0) is 19.1 Å². The highest BCUT2D eigenvalue weighted by molar-refractivity contribution is 5.97. The van der Waals surface area contributed by atoms with Crippen LogP contribution in [0.4, 0.5) is 0 Å². The summed E-state index contributed by atoms with van der Waals surface area (Å²) < 4.78 is 20.7. The number of ketones is 1. The number of carbonyl (C=O) groups is 3. The number of rotatable bonds is 9. The van der Waals surface area contributed by atoms with Crippen molar-refractivity contribution in [2.75, 3.05) is 27.9 Å². The highest BCUT2D eigenvalue weighted by atomic mass is 16.5. The van der Waals surface area contributed by atoms with Crippen LogP contribution in [-0.4, -0.2) is 50.6 Å². The summed E-state index contributed by atoms with van der Waals surface area (Å²) in [5, 5.41) is 2.64. The summed E-state index contributed by atoms with van der Waals surface area (Å²) in [6, 6.07) is 4.71. The van der Waals surface area contributed by atoms with E-state index in [2.05, 4.69) is 10.3 Å². The molecule has 0 bridgehead atoms. The maximum Gasteiger partial charge on any atom is 0.355 e. The van der Waals surface area contributed by atoms with Gasteiger partial charge in [0.2, 0.25) is 0 Å². The minimum absolute atomic E-state index is 0.0968. The maximum atomic E-state index is 12.0. The zero-order valence-electron chi connectivity index (χ0n) is 16.1. The Morgan fingerprint density at radius 3 is 2.18 bits per heavy atom. The summed E-state index contributed by atoms with van der Waals surface area (Å²) in [4.78, 5) is 37.8. The second-order valence-corrected chi connectivity index (χ2v) is 5.73. The Kier molecular flexibility index (Phi) is 7.02. The number of aromatic nitrogens is 1. The minimum atomic E-state index is -0.730. The summed E-state index contributed by atoms with van der Waals surface area (Å²) in [7, 11) is 4.51. The summed E-state index contributed by atoms with van der Waals surface area (Å²) >= 11 is 0. The third kappa shape index (κ3) is 5.03. The van der Waals surface area contributed by atoms with Crippen molar-refractivity contribution in [3.63, 3.8) is 0 Å². The van der Waals surface area contributed by atoms with Gasteiger partial charge >= 0.3 is 5.97 Å². The molecule has 0 atom stereocenters. The van der Waals surface area contributed by atoms with Crippen LogP contribution in [0.25, 0.3) is 0 Å². The number of H-pyrrole nitrogens is 1. The predicted molar refractivity (Wildman–Crippen MR) is 99.0 cm³/mol. The van der Waals surface area contributed by atoms with E-state index in [9.17, 15) is 14.4 Å². The molecule has 0 saturated heterocycles. The minimum Gasteiger partial charge on any atom is -0.496 e. The standard InChI is InChI=1S/C19H22N2O7/c1-11(22)12-5-14(20-8-12)19(24)28-10-18(23)21-9-13-6-16(26-3)17(27-4)7-15(13)25-2/h5-8,20H,9-10H2,1-4H3,(H,21,23). The maximum absolute atomic E-state index is 12.0. The third-order valence-corrected chi connectivity index (χ3v) is 3.91. The van der Waals surface area contributed by atoms with Gasteiger partial charge in [0, 0.05) is 29.9 Å². The lowest BCUT2D eigenvalue weighted by Crippen LogP contribution is -2.28. The number of esters is 1. The summed E-state index contributed by atoms with van der Waals surface area (Å²) in [5.74, 6) is 0.0936. The topological polar surface area (TPSA) is 116 Å². The molecule has 0 unspecified atom stereocenters. The van der Waals surface area contributed by atoms with E-state index in [-0.39, 0.29) is 18.0 Å². The van der Waals surface area contributed by atoms with Gasteiger partial charge in [0.1, 0.15) is 11.4 Å². The number of ether oxygens (including phenoxy) is 4. The normalized spacial score (nSPS) is 10.1. The van der Waals surface area contributed by atoms with Crippen molar-refractivity contribution >= 4 is 17.7 Å². The van der Waals surface area contributed by atoms with Crippen molar-refractivity contribution in [2.24, 2.45) is 0 Å². The molecule has 0 radical (unpaired) electrons. The number of Topliss-reactive ketones (excluding diaryl/α,β-unsaturated/α-hetero) is 1. The van der Waals surface area contributed by atoms with Crippen molar-refractivity contribution in [1.82, 2.24) is 10.3 Å². The highest BCUT2D eigenvalue weighted by Crippen LogP contribution is 2.34. The lowest BCUT2D eigenvalue weighted by molar-refractivity contribution is -0.124. The Bertz CT molecular complexity index is 873. The van der Waals surface area contributed by atoms with Crippen molar-refractivity contribution < 1.29 is 33.3 Å². The molecule has 0 saturated carbocycles. The molecule has 150 valence electrons. The highest BCUT2D eigenvalue weighted by Gasteiger charge is 2.15. The van der Waals surface area contributed by atoms with E-state index in [4.69, 9.17) is 18.9 Å². The second kappa shape index (κ2) is 9.45. The van der Waals surface area contributed by atoms with Crippen LogP contribution >= 0.6 is 0 Å². The average Bonchev–Trinajstić information content (AvgIpc) is 3.20. The first-order chi connectivity index (χ1) is 13.4. The van der Waals surface area contributed by atoms with Crippen molar-refractivity contribution in [3.05, 3.63) is 41.2 Å². The smallest absolute Gasteiger partial charge is 0.355 e. The Labute approximate surface area is 161 Å². The van der Waals surface area contributed by atoms with Gasteiger partial charge in [-0.1, -0.05) is 0 Å². The molecule has 1 heterocycles. The lowest BCUT2D eigenvalue weighted by atomic mass is 10.1. The molecule has 0 fully saturated rings. The van der Waals surface area contributed by atoms with Gasteiger partial charge in [-0.2, -0.15) is 0 Å². The van der Waals surface area contributed by atoms with E-state index < -0.39 is 18.5 Å². The molecule has 9 nitrogen and oxygen atoms in total. The van der Waals surface area contributed by atoms with E-state index in [0.29, 0.717) is 28.4 Å². The zero-order chi connectivity index (χ0) is 20.7. The first-order valence-corrected chi connectivity index (χ1v) is 8.31. The van der Waals surface area contributed by atoms with Crippen LogP contribution in [0.15, 0.2) is 24.4 Å². The van der Waals surface area contributed by atoms with E-state index in [1.165, 1.54) is 40.5 Å². The van der Waals surface area contributed by atoms with Crippen LogP contribution in [0.1, 0.15) is 33.3 Å². The Hall–Kier alpha value is -3.49. The molecule has 1 amide bonds.